The van der Waals surface area contributed by atoms with Crippen LogP contribution in [0.2, 0.25) is 0 Å². The van der Waals surface area contributed by atoms with E-state index in [1.165, 1.54) is 18.2 Å². The van der Waals surface area contributed by atoms with Crippen molar-refractivity contribution in [2.75, 3.05) is 0 Å². The van der Waals surface area contributed by atoms with Gasteiger partial charge in [0.25, 0.3) is 0 Å². The number of fused-ring (bicyclic) bond motifs is 1. The van der Waals surface area contributed by atoms with Gasteiger partial charge in [0, 0.05) is 0 Å². The van der Waals surface area contributed by atoms with E-state index in [1.54, 1.807) is 13.0 Å². The van der Waals surface area contributed by atoms with Crippen LogP contribution in [0.25, 0.3) is 11.1 Å². The third-order valence-electron chi connectivity index (χ3n) is 5.82. The summed E-state index contributed by atoms with van der Waals surface area (Å²) in [5.41, 5.74) is 4.40. The van der Waals surface area contributed by atoms with Gasteiger partial charge < -0.3 is 14.6 Å². The van der Waals surface area contributed by atoms with Crippen molar-refractivity contribution in [2.45, 2.75) is 44.6 Å². The largest absolute Gasteiger partial charge is 0.573 e. The summed E-state index contributed by atoms with van der Waals surface area (Å²) in [4.78, 5) is 11.1. The minimum Gasteiger partial charge on any atom is -0.486 e. The molecular formula is C28H23F3O4. The fourth-order valence-electron chi connectivity index (χ4n) is 4.30. The van der Waals surface area contributed by atoms with E-state index in [1.807, 2.05) is 42.5 Å². The zero-order chi connectivity index (χ0) is 25.0. The van der Waals surface area contributed by atoms with Crippen LogP contribution in [0.1, 0.15) is 48.5 Å². The molecule has 1 unspecified atom stereocenters. The molecule has 0 fully saturated rings. The number of alkyl halides is 3. The lowest BCUT2D eigenvalue weighted by Crippen LogP contribution is -2.17. The molecule has 0 saturated carbocycles. The average molecular weight is 480 g/mol. The highest BCUT2D eigenvalue weighted by Crippen LogP contribution is 2.38. The first-order valence-corrected chi connectivity index (χ1v) is 11.1. The highest BCUT2D eigenvalue weighted by Gasteiger charge is 2.31. The first-order chi connectivity index (χ1) is 16.7. The van der Waals surface area contributed by atoms with Crippen molar-refractivity contribution in [3.8, 4) is 34.5 Å². The number of halogens is 3. The Morgan fingerprint density at radius 2 is 1.80 bits per heavy atom. The number of ether oxygens (including phenoxy) is 2. The maximum absolute atomic E-state index is 12.6. The lowest BCUT2D eigenvalue weighted by molar-refractivity contribution is -0.274. The van der Waals surface area contributed by atoms with E-state index in [-0.39, 0.29) is 24.2 Å². The molecule has 0 radical (unpaired) electrons. The van der Waals surface area contributed by atoms with Crippen LogP contribution in [0.4, 0.5) is 13.2 Å². The smallest absolute Gasteiger partial charge is 0.486 e. The van der Waals surface area contributed by atoms with Gasteiger partial charge in [-0.2, -0.15) is 0 Å². The molecule has 180 valence electrons. The van der Waals surface area contributed by atoms with Gasteiger partial charge in [0.2, 0.25) is 0 Å². The third-order valence-corrected chi connectivity index (χ3v) is 5.82. The van der Waals surface area contributed by atoms with Crippen LogP contribution in [0.3, 0.4) is 0 Å². The summed E-state index contributed by atoms with van der Waals surface area (Å²) in [7, 11) is 0. The number of carboxylic acid groups (broad SMARTS) is 1. The summed E-state index contributed by atoms with van der Waals surface area (Å²) in [5.74, 6) is 4.86. The van der Waals surface area contributed by atoms with E-state index in [9.17, 15) is 18.0 Å². The molecule has 35 heavy (non-hydrogen) atoms. The molecule has 0 aliphatic heterocycles. The van der Waals surface area contributed by atoms with Crippen molar-refractivity contribution in [2.24, 2.45) is 0 Å². The van der Waals surface area contributed by atoms with Gasteiger partial charge >= 0.3 is 12.3 Å². The number of benzene rings is 3. The summed E-state index contributed by atoms with van der Waals surface area (Å²) in [6.45, 7) is 1.68. The second-order valence-corrected chi connectivity index (χ2v) is 8.25. The summed E-state index contributed by atoms with van der Waals surface area (Å²) in [6.07, 6.45) is -3.38. The Morgan fingerprint density at radius 1 is 1.06 bits per heavy atom. The zero-order valence-corrected chi connectivity index (χ0v) is 18.9. The van der Waals surface area contributed by atoms with Gasteiger partial charge in [-0.1, -0.05) is 48.4 Å². The van der Waals surface area contributed by atoms with Crippen molar-refractivity contribution in [1.82, 2.24) is 0 Å². The average Bonchev–Trinajstić information content (AvgIpc) is 3.20. The summed E-state index contributed by atoms with van der Waals surface area (Å²) >= 11 is 0. The number of hydrogen-bond donors (Lipinski definition) is 1. The highest BCUT2D eigenvalue weighted by atomic mass is 19.4. The standard InChI is InChI=1S/C28H23F3O4/c1-2-4-19(17-27(32)33)18-7-11-23(12-8-18)34-26-14-10-22-15-21(9-13-25(22)26)20-5-3-6-24(16-20)35-28(29,30)31/h3,5-9,11-13,15-16,19,26H,10,14,17H2,1H3,(H,32,33)/t19-,26?/m0/s1. The lowest BCUT2D eigenvalue weighted by atomic mass is 9.96. The number of rotatable bonds is 7. The minimum atomic E-state index is -4.74. The Labute approximate surface area is 201 Å². The molecule has 0 heterocycles. The Hall–Kier alpha value is -3.92. The minimum absolute atomic E-state index is 0.0649. The van der Waals surface area contributed by atoms with Gasteiger partial charge in [-0.3, -0.25) is 4.79 Å². The Bertz CT molecular complexity index is 1270. The number of hydrogen-bond acceptors (Lipinski definition) is 3. The van der Waals surface area contributed by atoms with Crippen molar-refractivity contribution < 1.29 is 32.5 Å². The zero-order valence-electron chi connectivity index (χ0n) is 18.9. The van der Waals surface area contributed by atoms with Crippen LogP contribution >= 0.6 is 0 Å². The van der Waals surface area contributed by atoms with E-state index >= 15 is 0 Å². The number of carbonyl (C=O) groups is 1. The molecule has 0 amide bonds. The van der Waals surface area contributed by atoms with E-state index in [0.717, 1.165) is 35.1 Å². The van der Waals surface area contributed by atoms with Crippen molar-refractivity contribution >= 4 is 5.97 Å². The molecule has 3 aromatic rings. The molecule has 2 atom stereocenters. The Morgan fingerprint density at radius 3 is 2.49 bits per heavy atom. The maximum atomic E-state index is 12.6. The topological polar surface area (TPSA) is 55.8 Å². The van der Waals surface area contributed by atoms with Crippen LogP contribution in [0.5, 0.6) is 11.5 Å². The van der Waals surface area contributed by atoms with Gasteiger partial charge in [0.15, 0.2) is 0 Å². The van der Waals surface area contributed by atoms with Gasteiger partial charge in [-0.05, 0) is 71.8 Å². The van der Waals surface area contributed by atoms with Crippen molar-refractivity contribution in [3.05, 3.63) is 83.4 Å². The molecule has 0 spiro atoms. The number of carboxylic acids is 1. The first-order valence-electron chi connectivity index (χ1n) is 11.1. The van der Waals surface area contributed by atoms with E-state index < -0.39 is 12.3 Å². The number of aryl methyl sites for hydroxylation is 1. The quantitative estimate of drug-likeness (QED) is 0.374. The highest BCUT2D eigenvalue weighted by molar-refractivity contribution is 5.69. The fourth-order valence-corrected chi connectivity index (χ4v) is 4.30. The molecule has 0 aromatic heterocycles. The molecule has 1 aliphatic carbocycles. The number of aliphatic carboxylic acids is 1. The van der Waals surface area contributed by atoms with Crippen molar-refractivity contribution in [3.63, 3.8) is 0 Å². The second-order valence-electron chi connectivity index (χ2n) is 8.25. The molecule has 4 nitrogen and oxygen atoms in total. The molecule has 3 aromatic carbocycles. The second kappa shape index (κ2) is 10.1. The monoisotopic (exact) mass is 480 g/mol. The third kappa shape index (κ3) is 6.15. The SMILES string of the molecule is CC#C[C@@H](CC(=O)O)c1ccc(OC2CCc3cc(-c4cccc(OC(F)(F)F)c4)ccc32)cc1. The summed E-state index contributed by atoms with van der Waals surface area (Å²) in [5, 5.41) is 9.12. The lowest BCUT2D eigenvalue weighted by Gasteiger charge is -2.16. The van der Waals surface area contributed by atoms with E-state index in [2.05, 4.69) is 16.6 Å². The van der Waals surface area contributed by atoms with Gasteiger partial charge in [0.1, 0.15) is 17.6 Å². The van der Waals surface area contributed by atoms with Crippen molar-refractivity contribution in [1.29, 1.82) is 0 Å². The Kier molecular flexibility index (Phi) is 7.02. The molecule has 4 rings (SSSR count). The fraction of sp³-hybridized carbons (Fsp3) is 0.250. The summed E-state index contributed by atoms with van der Waals surface area (Å²) < 4.78 is 47.9. The van der Waals surface area contributed by atoms with Gasteiger partial charge in [0.05, 0.1) is 12.3 Å². The Balaban J connectivity index is 1.48. The molecular weight excluding hydrogens is 457 g/mol. The van der Waals surface area contributed by atoms with Crippen LogP contribution < -0.4 is 9.47 Å². The van der Waals surface area contributed by atoms with Crippen LogP contribution in [0, 0.1) is 11.8 Å². The van der Waals surface area contributed by atoms with Gasteiger partial charge in [-0.15, -0.1) is 19.1 Å². The molecule has 0 saturated heterocycles. The summed E-state index contributed by atoms with van der Waals surface area (Å²) in [6, 6.07) is 19.0. The molecule has 1 N–H and O–H groups in total. The predicted octanol–water partition coefficient (Wildman–Crippen LogP) is 6.90. The first kappa shape index (κ1) is 24.2. The normalized spacial score (nSPS) is 15.5. The molecule has 1 aliphatic rings. The van der Waals surface area contributed by atoms with E-state index in [0.29, 0.717) is 11.3 Å². The van der Waals surface area contributed by atoms with Gasteiger partial charge in [-0.25, -0.2) is 0 Å². The van der Waals surface area contributed by atoms with Crippen LogP contribution in [0.15, 0.2) is 66.7 Å². The van der Waals surface area contributed by atoms with Crippen LogP contribution in [-0.4, -0.2) is 17.4 Å². The molecule has 0 bridgehead atoms. The van der Waals surface area contributed by atoms with E-state index in [4.69, 9.17) is 9.84 Å². The maximum Gasteiger partial charge on any atom is 0.573 e. The molecule has 7 heteroatoms. The van der Waals surface area contributed by atoms with Crippen LogP contribution in [-0.2, 0) is 11.2 Å². The predicted molar refractivity (Wildman–Crippen MR) is 125 cm³/mol.